The quantitative estimate of drug-likeness (QED) is 0.354. The Balaban J connectivity index is 1.80. The number of nitrogens with zero attached hydrogens (tertiary/aromatic N) is 2. The highest BCUT2D eigenvalue weighted by Crippen LogP contribution is 2.32. The van der Waals surface area contributed by atoms with Gasteiger partial charge in [0.25, 0.3) is 5.56 Å². The minimum atomic E-state index is -3.74. The molecule has 0 spiro atoms. The highest BCUT2D eigenvalue weighted by molar-refractivity contribution is 7.89. The van der Waals surface area contributed by atoms with Crippen molar-refractivity contribution >= 4 is 27.0 Å². The summed E-state index contributed by atoms with van der Waals surface area (Å²) in [5.74, 6) is 0.743. The zero-order valence-corrected chi connectivity index (χ0v) is 22.4. The topological polar surface area (TPSA) is 102 Å². The molecule has 2 heterocycles. The summed E-state index contributed by atoms with van der Waals surface area (Å²) in [6, 6.07) is 10.2. The Labute approximate surface area is 218 Å². The number of morpholine rings is 1. The molecular formula is C28H35N3O5S. The number of para-hydroxylation sites is 1. The SMILES string of the molecule is CCCCCC=Cc1cccc2c(=O)[nH]c(-c3cc(S(=O)(=O)N4CCOCC4)ccc3OCCC)nc12. The summed E-state index contributed by atoms with van der Waals surface area (Å²) in [5, 5.41) is 0.479. The number of sulfonamides is 1. The number of aromatic nitrogens is 2. The second kappa shape index (κ2) is 12.5. The molecule has 4 rings (SSSR count). The van der Waals surface area contributed by atoms with Gasteiger partial charge in [0.2, 0.25) is 10.0 Å². The highest BCUT2D eigenvalue weighted by atomic mass is 32.2. The molecule has 9 heteroatoms. The average molecular weight is 526 g/mol. The van der Waals surface area contributed by atoms with E-state index in [1.165, 1.54) is 10.7 Å². The van der Waals surface area contributed by atoms with Crippen LogP contribution in [0, 0.1) is 0 Å². The number of fused-ring (bicyclic) bond motifs is 1. The van der Waals surface area contributed by atoms with E-state index in [1.54, 1.807) is 24.3 Å². The molecule has 1 aliphatic heterocycles. The van der Waals surface area contributed by atoms with Gasteiger partial charge in [-0.1, -0.05) is 51.0 Å². The van der Waals surface area contributed by atoms with Gasteiger partial charge in [0.05, 0.1) is 41.2 Å². The zero-order chi connectivity index (χ0) is 26.3. The summed E-state index contributed by atoms with van der Waals surface area (Å²) in [7, 11) is -3.74. The third-order valence-corrected chi connectivity index (χ3v) is 8.21. The van der Waals surface area contributed by atoms with Crippen LogP contribution in [0.25, 0.3) is 28.4 Å². The molecule has 0 aliphatic carbocycles. The first-order valence-corrected chi connectivity index (χ1v) is 14.4. The summed E-state index contributed by atoms with van der Waals surface area (Å²) in [5.41, 5.74) is 1.55. The van der Waals surface area contributed by atoms with Crippen LogP contribution in [0.3, 0.4) is 0 Å². The number of nitrogens with one attached hydrogen (secondary N) is 1. The molecule has 0 bridgehead atoms. The molecule has 0 saturated carbocycles. The fourth-order valence-electron chi connectivity index (χ4n) is 4.30. The summed E-state index contributed by atoms with van der Waals surface area (Å²) in [6.45, 7) is 5.93. The van der Waals surface area contributed by atoms with Crippen molar-refractivity contribution in [2.75, 3.05) is 32.9 Å². The number of unbranched alkanes of at least 4 members (excludes halogenated alkanes) is 3. The lowest BCUT2D eigenvalue weighted by Gasteiger charge is -2.26. The first-order valence-electron chi connectivity index (χ1n) is 13.0. The summed E-state index contributed by atoms with van der Waals surface area (Å²) in [6.07, 6.45) is 9.29. The zero-order valence-electron chi connectivity index (χ0n) is 21.5. The van der Waals surface area contributed by atoms with Gasteiger partial charge in [-0.15, -0.1) is 0 Å². The van der Waals surface area contributed by atoms with Crippen molar-refractivity contribution in [3.05, 3.63) is 58.4 Å². The molecular weight excluding hydrogens is 490 g/mol. The van der Waals surface area contributed by atoms with E-state index in [9.17, 15) is 13.2 Å². The molecule has 8 nitrogen and oxygen atoms in total. The van der Waals surface area contributed by atoms with Crippen LogP contribution in [-0.2, 0) is 14.8 Å². The van der Waals surface area contributed by atoms with Gasteiger partial charge in [-0.2, -0.15) is 4.31 Å². The number of ether oxygens (including phenoxy) is 2. The number of hydrogen-bond donors (Lipinski definition) is 1. The Kier molecular flexibility index (Phi) is 9.13. The number of H-pyrrole nitrogens is 1. The molecule has 3 aromatic rings. The van der Waals surface area contributed by atoms with Crippen molar-refractivity contribution in [2.24, 2.45) is 0 Å². The Hall–Kier alpha value is -3.01. The molecule has 1 N–H and O–H groups in total. The van der Waals surface area contributed by atoms with Gasteiger partial charge in [-0.3, -0.25) is 4.79 Å². The number of benzene rings is 2. The maximum atomic E-state index is 13.4. The van der Waals surface area contributed by atoms with E-state index in [0.29, 0.717) is 55.1 Å². The van der Waals surface area contributed by atoms with Crippen molar-refractivity contribution in [3.8, 4) is 17.1 Å². The van der Waals surface area contributed by atoms with Crippen molar-refractivity contribution in [1.82, 2.24) is 14.3 Å². The van der Waals surface area contributed by atoms with Crippen LogP contribution >= 0.6 is 0 Å². The number of rotatable bonds is 11. The van der Waals surface area contributed by atoms with Gasteiger partial charge in [0.15, 0.2) is 0 Å². The third-order valence-electron chi connectivity index (χ3n) is 6.31. The van der Waals surface area contributed by atoms with Gasteiger partial charge < -0.3 is 14.5 Å². The van der Waals surface area contributed by atoms with E-state index in [2.05, 4.69) is 18.0 Å². The maximum absolute atomic E-state index is 13.4. The maximum Gasteiger partial charge on any atom is 0.259 e. The molecule has 0 radical (unpaired) electrons. The van der Waals surface area contributed by atoms with Gasteiger partial charge in [0, 0.05) is 18.7 Å². The molecule has 1 fully saturated rings. The Bertz CT molecular complexity index is 1410. The van der Waals surface area contributed by atoms with Crippen LogP contribution in [0.4, 0.5) is 0 Å². The van der Waals surface area contributed by atoms with Gasteiger partial charge >= 0.3 is 0 Å². The van der Waals surface area contributed by atoms with E-state index in [1.807, 2.05) is 25.1 Å². The van der Waals surface area contributed by atoms with Crippen molar-refractivity contribution < 1.29 is 17.9 Å². The van der Waals surface area contributed by atoms with Crippen molar-refractivity contribution in [1.29, 1.82) is 0 Å². The fraction of sp³-hybridized carbons (Fsp3) is 0.429. The van der Waals surface area contributed by atoms with Gasteiger partial charge in [-0.05, 0) is 43.5 Å². The lowest BCUT2D eigenvalue weighted by Crippen LogP contribution is -2.40. The first-order chi connectivity index (χ1) is 18.0. The number of aromatic amines is 1. The molecule has 37 heavy (non-hydrogen) atoms. The third kappa shape index (κ3) is 6.29. The molecule has 198 valence electrons. The van der Waals surface area contributed by atoms with E-state index in [0.717, 1.165) is 31.2 Å². The Morgan fingerprint density at radius 3 is 2.68 bits per heavy atom. The lowest BCUT2D eigenvalue weighted by molar-refractivity contribution is 0.0730. The Morgan fingerprint density at radius 2 is 1.92 bits per heavy atom. The lowest BCUT2D eigenvalue weighted by atomic mass is 10.1. The molecule has 0 amide bonds. The van der Waals surface area contributed by atoms with Crippen LogP contribution in [0.15, 0.2) is 52.2 Å². The predicted molar refractivity (Wildman–Crippen MR) is 146 cm³/mol. The molecule has 2 aromatic carbocycles. The largest absolute Gasteiger partial charge is 0.493 e. The smallest absolute Gasteiger partial charge is 0.259 e. The van der Waals surface area contributed by atoms with Crippen LogP contribution in [-0.4, -0.2) is 55.6 Å². The summed E-state index contributed by atoms with van der Waals surface area (Å²) >= 11 is 0. The standard InChI is InChI=1S/C28H35N3O5S/c1-3-5-6-7-8-10-21-11-9-12-23-26(21)29-27(30-28(23)32)24-20-22(13-14-25(24)36-17-4-2)37(33,34)31-15-18-35-19-16-31/h8-14,20H,3-7,15-19H2,1-2H3,(H,29,30,32). The molecule has 1 aromatic heterocycles. The van der Waals surface area contributed by atoms with E-state index >= 15 is 0 Å². The van der Waals surface area contributed by atoms with Crippen LogP contribution in [0.2, 0.25) is 0 Å². The Morgan fingerprint density at radius 1 is 1.11 bits per heavy atom. The highest BCUT2D eigenvalue weighted by Gasteiger charge is 2.27. The average Bonchev–Trinajstić information content (AvgIpc) is 2.92. The van der Waals surface area contributed by atoms with E-state index in [4.69, 9.17) is 14.5 Å². The fourth-order valence-corrected chi connectivity index (χ4v) is 5.73. The molecule has 1 saturated heterocycles. The van der Waals surface area contributed by atoms with E-state index in [-0.39, 0.29) is 16.3 Å². The minimum Gasteiger partial charge on any atom is -0.493 e. The predicted octanol–water partition coefficient (Wildman–Crippen LogP) is 4.99. The number of allylic oxidation sites excluding steroid dienone is 1. The monoisotopic (exact) mass is 525 g/mol. The van der Waals surface area contributed by atoms with E-state index < -0.39 is 10.0 Å². The second-order valence-corrected chi connectivity index (χ2v) is 11.0. The van der Waals surface area contributed by atoms with Crippen LogP contribution in [0.5, 0.6) is 5.75 Å². The molecule has 1 aliphatic rings. The molecule has 0 atom stereocenters. The summed E-state index contributed by atoms with van der Waals surface area (Å²) in [4.78, 5) is 20.9. The number of hydrogen-bond acceptors (Lipinski definition) is 6. The van der Waals surface area contributed by atoms with Crippen molar-refractivity contribution in [2.45, 2.75) is 50.8 Å². The van der Waals surface area contributed by atoms with Crippen molar-refractivity contribution in [3.63, 3.8) is 0 Å². The van der Waals surface area contributed by atoms with Gasteiger partial charge in [-0.25, -0.2) is 13.4 Å². The second-order valence-electron chi connectivity index (χ2n) is 9.08. The van der Waals surface area contributed by atoms with Crippen LogP contribution < -0.4 is 10.3 Å². The first kappa shape index (κ1) is 27.0. The normalized spacial score (nSPS) is 15.0. The molecule has 0 unspecified atom stereocenters. The minimum absolute atomic E-state index is 0.125. The van der Waals surface area contributed by atoms with Crippen LogP contribution in [0.1, 0.15) is 51.5 Å². The summed E-state index contributed by atoms with van der Waals surface area (Å²) < 4.78 is 39.4. The van der Waals surface area contributed by atoms with Gasteiger partial charge in [0.1, 0.15) is 11.6 Å².